The molecule has 0 spiro atoms. The molecule has 53 heavy (non-hydrogen) atoms. The second kappa shape index (κ2) is 12.2. The molecule has 2 heterocycles. The summed E-state index contributed by atoms with van der Waals surface area (Å²) in [5.74, 6) is 0.701. The van der Waals surface area contributed by atoms with E-state index in [0.717, 1.165) is 44.7 Å². The van der Waals surface area contributed by atoms with Crippen molar-refractivity contribution in [2.75, 3.05) is 0 Å². The van der Waals surface area contributed by atoms with Gasteiger partial charge in [-0.05, 0) is 85.3 Å². The zero-order chi connectivity index (χ0) is 35.5. The Morgan fingerprint density at radius 3 is 1.79 bits per heavy atom. The fourth-order valence-electron chi connectivity index (χ4n) is 8.25. The van der Waals surface area contributed by atoms with Gasteiger partial charge in [0.05, 0.1) is 17.1 Å². The molecule has 2 aromatic heterocycles. The van der Waals surface area contributed by atoms with E-state index in [1.807, 2.05) is 42.6 Å². The summed E-state index contributed by atoms with van der Waals surface area (Å²) in [6.07, 6.45) is 1.83. The molecule has 0 saturated heterocycles. The Balaban J connectivity index is 1.15. The zero-order valence-electron chi connectivity index (χ0n) is 29.6. The van der Waals surface area contributed by atoms with Crippen molar-refractivity contribution in [2.24, 2.45) is 0 Å². The fraction of sp³-hybridized carbons (Fsp3) is 0.0600. The molecule has 0 N–H and O–H groups in total. The third-order valence-corrected chi connectivity index (χ3v) is 11.0. The smallest absolute Gasteiger partial charge is 0.160 e. The highest BCUT2D eigenvalue weighted by Gasteiger charge is 2.37. The van der Waals surface area contributed by atoms with Crippen LogP contribution < -0.4 is 0 Å². The highest BCUT2D eigenvalue weighted by molar-refractivity contribution is 6.08. The second-order valence-electron chi connectivity index (χ2n) is 14.4. The first-order valence-electron chi connectivity index (χ1n) is 18.2. The molecule has 0 bridgehead atoms. The van der Waals surface area contributed by atoms with E-state index in [1.54, 1.807) is 0 Å². The number of benzene rings is 7. The summed E-state index contributed by atoms with van der Waals surface area (Å²) in [6, 6.07) is 60.5. The van der Waals surface area contributed by atoms with E-state index in [1.165, 1.54) is 49.5 Å². The monoisotopic (exact) mass is 677 g/mol. The average molecular weight is 678 g/mol. The maximum absolute atomic E-state index is 5.23. The molecule has 0 amide bonds. The average Bonchev–Trinajstić information content (AvgIpc) is 3.45. The van der Waals surface area contributed by atoms with Crippen molar-refractivity contribution >= 4 is 21.5 Å². The number of rotatable bonds is 5. The first kappa shape index (κ1) is 31.1. The molecule has 1 aliphatic rings. The van der Waals surface area contributed by atoms with Crippen molar-refractivity contribution in [2.45, 2.75) is 19.3 Å². The minimum Gasteiger partial charge on any atom is -0.256 e. The lowest BCUT2D eigenvalue weighted by Gasteiger charge is -2.22. The molecule has 250 valence electrons. The van der Waals surface area contributed by atoms with E-state index >= 15 is 0 Å². The number of aromatic nitrogens is 3. The fourth-order valence-corrected chi connectivity index (χ4v) is 8.25. The Bertz CT molecular complexity index is 2840. The van der Waals surface area contributed by atoms with Crippen LogP contribution in [0, 0.1) is 0 Å². The third-order valence-electron chi connectivity index (χ3n) is 11.0. The van der Waals surface area contributed by atoms with Gasteiger partial charge in [-0.2, -0.15) is 0 Å². The molecule has 0 atom stereocenters. The predicted octanol–water partition coefficient (Wildman–Crippen LogP) is 12.8. The van der Waals surface area contributed by atoms with Gasteiger partial charge in [-0.15, -0.1) is 0 Å². The topological polar surface area (TPSA) is 38.7 Å². The Hall–Kier alpha value is -6.71. The zero-order valence-corrected chi connectivity index (χ0v) is 29.6. The Kier molecular flexibility index (Phi) is 7.16. The Morgan fingerprint density at radius 2 is 1.04 bits per heavy atom. The minimum atomic E-state index is -0.110. The van der Waals surface area contributed by atoms with Gasteiger partial charge in [-0.3, -0.25) is 4.98 Å². The number of fused-ring (bicyclic) bond motifs is 5. The van der Waals surface area contributed by atoms with Crippen LogP contribution in [-0.4, -0.2) is 15.0 Å². The first-order chi connectivity index (χ1) is 26.0. The summed E-state index contributed by atoms with van der Waals surface area (Å²) in [4.78, 5) is 14.9. The Labute approximate surface area is 309 Å². The SMILES string of the molecule is CC1(C)c2cc3ccccc3cc2-c2c(-c3ccc(-c4cc(-c5ccc(-c6ccccn6)cc5)nc(-c5ccccc5)n4)c4ccccc34)cccc21. The summed E-state index contributed by atoms with van der Waals surface area (Å²) >= 11 is 0. The largest absolute Gasteiger partial charge is 0.256 e. The van der Waals surface area contributed by atoms with Crippen molar-refractivity contribution in [3.05, 3.63) is 187 Å². The predicted molar refractivity (Wildman–Crippen MR) is 220 cm³/mol. The lowest BCUT2D eigenvalue weighted by molar-refractivity contribution is 0.661. The number of hydrogen-bond donors (Lipinski definition) is 0. The molecule has 0 unspecified atom stereocenters. The van der Waals surface area contributed by atoms with Crippen LogP contribution in [0.15, 0.2) is 176 Å². The van der Waals surface area contributed by atoms with Crippen LogP contribution in [0.3, 0.4) is 0 Å². The molecule has 1 aliphatic carbocycles. The van der Waals surface area contributed by atoms with Crippen LogP contribution in [0.25, 0.3) is 89.0 Å². The van der Waals surface area contributed by atoms with Crippen LogP contribution >= 0.6 is 0 Å². The van der Waals surface area contributed by atoms with Crippen molar-refractivity contribution in [1.29, 1.82) is 0 Å². The van der Waals surface area contributed by atoms with Gasteiger partial charge >= 0.3 is 0 Å². The van der Waals surface area contributed by atoms with Gasteiger partial charge in [0, 0.05) is 33.9 Å². The summed E-state index contributed by atoms with van der Waals surface area (Å²) in [7, 11) is 0. The summed E-state index contributed by atoms with van der Waals surface area (Å²) < 4.78 is 0. The van der Waals surface area contributed by atoms with Crippen LogP contribution in [0.2, 0.25) is 0 Å². The lowest BCUT2D eigenvalue weighted by Crippen LogP contribution is -2.14. The second-order valence-corrected chi connectivity index (χ2v) is 14.4. The van der Waals surface area contributed by atoms with Crippen LogP contribution in [-0.2, 0) is 5.41 Å². The maximum atomic E-state index is 5.23. The quantitative estimate of drug-likeness (QED) is 0.182. The highest BCUT2D eigenvalue weighted by Crippen LogP contribution is 2.54. The molecule has 0 saturated carbocycles. The first-order valence-corrected chi connectivity index (χ1v) is 18.2. The summed E-state index contributed by atoms with van der Waals surface area (Å²) in [5, 5.41) is 4.91. The molecule has 0 radical (unpaired) electrons. The summed E-state index contributed by atoms with van der Waals surface area (Å²) in [6.45, 7) is 4.72. The normalized spacial score (nSPS) is 12.9. The molecule has 10 rings (SSSR count). The van der Waals surface area contributed by atoms with Gasteiger partial charge in [0.2, 0.25) is 0 Å². The van der Waals surface area contributed by atoms with Crippen LogP contribution in [0.5, 0.6) is 0 Å². The maximum Gasteiger partial charge on any atom is 0.160 e. The molecule has 0 fully saturated rings. The van der Waals surface area contributed by atoms with Gasteiger partial charge in [-0.25, -0.2) is 9.97 Å². The lowest BCUT2D eigenvalue weighted by atomic mass is 9.81. The van der Waals surface area contributed by atoms with Crippen molar-refractivity contribution < 1.29 is 0 Å². The number of hydrogen-bond acceptors (Lipinski definition) is 3. The standard InChI is InChI=1S/C50H35N3/c1-50(2)43-20-12-19-41(48(43)42-29-35-15-6-7-16-36(35)30-44(42)50)39-26-27-40(38-18-9-8-17-37(38)39)47-31-46(52-49(53-47)34-13-4-3-5-14-34)33-24-22-32(23-25-33)45-21-10-11-28-51-45/h3-31H,1-2H3. The van der Waals surface area contributed by atoms with E-state index in [4.69, 9.17) is 9.97 Å². The molecule has 7 aromatic carbocycles. The van der Waals surface area contributed by atoms with E-state index < -0.39 is 0 Å². The van der Waals surface area contributed by atoms with Crippen molar-refractivity contribution in [3.63, 3.8) is 0 Å². The van der Waals surface area contributed by atoms with E-state index in [0.29, 0.717) is 5.82 Å². The van der Waals surface area contributed by atoms with E-state index in [-0.39, 0.29) is 5.41 Å². The van der Waals surface area contributed by atoms with Gasteiger partial charge < -0.3 is 0 Å². The Morgan fingerprint density at radius 1 is 0.396 bits per heavy atom. The van der Waals surface area contributed by atoms with E-state index in [2.05, 4.69) is 152 Å². The third kappa shape index (κ3) is 5.16. The van der Waals surface area contributed by atoms with Gasteiger partial charge in [-0.1, -0.05) is 153 Å². The van der Waals surface area contributed by atoms with Crippen molar-refractivity contribution in [3.8, 4) is 67.4 Å². The number of nitrogens with zero attached hydrogens (tertiary/aromatic N) is 3. The molecule has 9 aromatic rings. The molecular weight excluding hydrogens is 643 g/mol. The molecule has 3 heteroatoms. The summed E-state index contributed by atoms with van der Waals surface area (Å²) in [5.41, 5.74) is 14.7. The van der Waals surface area contributed by atoms with Crippen molar-refractivity contribution in [1.82, 2.24) is 15.0 Å². The number of pyridine rings is 1. The molecule has 0 aliphatic heterocycles. The van der Waals surface area contributed by atoms with Gasteiger partial charge in [0.15, 0.2) is 5.82 Å². The van der Waals surface area contributed by atoms with Gasteiger partial charge in [0.25, 0.3) is 0 Å². The molecular formula is C50H35N3. The molecule has 3 nitrogen and oxygen atoms in total. The van der Waals surface area contributed by atoms with Gasteiger partial charge in [0.1, 0.15) is 0 Å². The minimum absolute atomic E-state index is 0.110. The van der Waals surface area contributed by atoms with Crippen LogP contribution in [0.1, 0.15) is 25.0 Å². The highest BCUT2D eigenvalue weighted by atomic mass is 14.9. The van der Waals surface area contributed by atoms with Crippen LogP contribution in [0.4, 0.5) is 0 Å². The van der Waals surface area contributed by atoms with E-state index in [9.17, 15) is 0 Å².